The Balaban J connectivity index is 1.53. The number of piperidine rings is 1. The second-order valence-electron chi connectivity index (χ2n) is 7.56. The number of aryl methyl sites for hydroxylation is 1. The van der Waals surface area contributed by atoms with Gasteiger partial charge in [-0.15, -0.1) is 0 Å². The summed E-state index contributed by atoms with van der Waals surface area (Å²) in [5.74, 6) is 1.39. The molecule has 0 saturated carbocycles. The Hall–Kier alpha value is -3.16. The van der Waals surface area contributed by atoms with Crippen LogP contribution in [-0.2, 0) is 11.2 Å². The van der Waals surface area contributed by atoms with Crippen molar-refractivity contribution in [3.8, 4) is 16.9 Å². The number of carbonyl (C=O) groups excluding carboxylic acids is 2. The van der Waals surface area contributed by atoms with Gasteiger partial charge in [0, 0.05) is 43.5 Å². The van der Waals surface area contributed by atoms with Gasteiger partial charge in [0.25, 0.3) is 0 Å². The fourth-order valence-electron chi connectivity index (χ4n) is 3.99. The molecule has 2 aliphatic heterocycles. The lowest BCUT2D eigenvalue weighted by atomic mass is 10.0. The van der Waals surface area contributed by atoms with Crippen LogP contribution in [-0.4, -0.2) is 52.5 Å². The van der Waals surface area contributed by atoms with Crippen LogP contribution >= 0.6 is 0 Å². The van der Waals surface area contributed by atoms with E-state index in [2.05, 4.69) is 9.97 Å². The molecule has 8 nitrogen and oxygen atoms in total. The molecule has 0 spiro atoms. The number of primary amides is 1. The minimum atomic E-state index is -0.477. The van der Waals surface area contributed by atoms with Crippen molar-refractivity contribution in [2.45, 2.75) is 38.7 Å². The number of ether oxygens (including phenoxy) is 1. The lowest BCUT2D eigenvalue weighted by Gasteiger charge is -2.32. The lowest BCUT2D eigenvalue weighted by Crippen LogP contribution is -2.43. The third-order valence-corrected chi connectivity index (χ3v) is 5.47. The number of pyridine rings is 2. The van der Waals surface area contributed by atoms with Gasteiger partial charge in [-0.1, -0.05) is 0 Å². The second-order valence-corrected chi connectivity index (χ2v) is 7.56. The Morgan fingerprint density at radius 1 is 1.14 bits per heavy atom. The van der Waals surface area contributed by atoms with Crippen LogP contribution in [0.5, 0.6) is 5.75 Å². The van der Waals surface area contributed by atoms with Gasteiger partial charge in [0.05, 0.1) is 12.7 Å². The van der Waals surface area contributed by atoms with Crippen molar-refractivity contribution < 1.29 is 14.3 Å². The number of hydrogen-bond acceptors (Lipinski definition) is 5. The molecule has 1 atom stereocenters. The highest BCUT2D eigenvalue weighted by molar-refractivity contribution is 5.91. The molecular formula is C21H25N5O3. The topological polar surface area (TPSA) is 102 Å². The van der Waals surface area contributed by atoms with Crippen LogP contribution in [0.1, 0.15) is 31.7 Å². The number of likely N-dealkylation sites (tertiary alicyclic amines) is 1. The monoisotopic (exact) mass is 395 g/mol. The first-order valence-electron chi connectivity index (χ1n) is 9.95. The van der Waals surface area contributed by atoms with Gasteiger partial charge >= 0.3 is 6.03 Å². The zero-order valence-electron chi connectivity index (χ0n) is 16.5. The van der Waals surface area contributed by atoms with Gasteiger partial charge in [-0.2, -0.15) is 0 Å². The summed E-state index contributed by atoms with van der Waals surface area (Å²) in [7, 11) is 0. The second kappa shape index (κ2) is 8.06. The number of urea groups is 1. The van der Waals surface area contributed by atoms with E-state index < -0.39 is 6.03 Å². The SMILES string of the molecule is CC(=O)N1CCCC(Oc2cncc(-c3cnc4c(c3)CCCN4C(N)=O)c2)C1. The van der Waals surface area contributed by atoms with Crippen molar-refractivity contribution >= 4 is 17.8 Å². The summed E-state index contributed by atoms with van der Waals surface area (Å²) >= 11 is 0. The van der Waals surface area contributed by atoms with Gasteiger partial charge < -0.3 is 15.4 Å². The Bertz CT molecular complexity index is 932. The van der Waals surface area contributed by atoms with Gasteiger partial charge in [0.2, 0.25) is 5.91 Å². The van der Waals surface area contributed by atoms with E-state index in [9.17, 15) is 9.59 Å². The summed E-state index contributed by atoms with van der Waals surface area (Å²) < 4.78 is 6.11. The third kappa shape index (κ3) is 4.16. The Labute approximate surface area is 169 Å². The molecule has 0 aliphatic carbocycles. The van der Waals surface area contributed by atoms with E-state index in [0.717, 1.165) is 48.9 Å². The predicted molar refractivity (Wildman–Crippen MR) is 109 cm³/mol. The molecule has 3 amide bonds. The number of rotatable bonds is 3. The maximum Gasteiger partial charge on any atom is 0.320 e. The number of nitrogens with two attached hydrogens (primary N) is 1. The van der Waals surface area contributed by atoms with Crippen molar-refractivity contribution in [3.05, 3.63) is 36.3 Å². The molecule has 8 heteroatoms. The highest BCUT2D eigenvalue weighted by Crippen LogP contribution is 2.30. The molecule has 2 aliphatic rings. The molecule has 0 bridgehead atoms. The van der Waals surface area contributed by atoms with E-state index >= 15 is 0 Å². The van der Waals surface area contributed by atoms with E-state index in [4.69, 9.17) is 10.5 Å². The number of carbonyl (C=O) groups is 2. The van der Waals surface area contributed by atoms with Gasteiger partial charge in [-0.05, 0) is 43.4 Å². The molecule has 152 valence electrons. The van der Waals surface area contributed by atoms with Crippen molar-refractivity contribution in [3.63, 3.8) is 0 Å². The van der Waals surface area contributed by atoms with Crippen LogP contribution in [0.3, 0.4) is 0 Å². The number of fused-ring (bicyclic) bond motifs is 1. The minimum absolute atomic E-state index is 0.0320. The van der Waals surface area contributed by atoms with Crippen LogP contribution in [0.4, 0.5) is 10.6 Å². The van der Waals surface area contributed by atoms with Crippen LogP contribution in [0.25, 0.3) is 11.1 Å². The van der Waals surface area contributed by atoms with Gasteiger partial charge in [-0.25, -0.2) is 9.78 Å². The molecule has 29 heavy (non-hydrogen) atoms. The number of aromatic nitrogens is 2. The molecule has 1 unspecified atom stereocenters. The quantitative estimate of drug-likeness (QED) is 0.860. The largest absolute Gasteiger partial charge is 0.487 e. The third-order valence-electron chi connectivity index (χ3n) is 5.47. The van der Waals surface area contributed by atoms with E-state index in [0.29, 0.717) is 24.7 Å². The van der Waals surface area contributed by atoms with Crippen LogP contribution in [0, 0.1) is 0 Å². The van der Waals surface area contributed by atoms with Gasteiger partial charge in [-0.3, -0.25) is 14.7 Å². The minimum Gasteiger partial charge on any atom is -0.487 e. The first kappa shape index (κ1) is 19.2. The average Bonchev–Trinajstić information content (AvgIpc) is 2.73. The summed E-state index contributed by atoms with van der Waals surface area (Å²) in [5, 5.41) is 0. The van der Waals surface area contributed by atoms with E-state index in [1.54, 1.807) is 25.5 Å². The Kier molecular flexibility index (Phi) is 5.33. The first-order chi connectivity index (χ1) is 14.0. The standard InChI is InChI=1S/C21H25N5O3/c1-14(27)25-6-3-5-18(13-25)29-19-9-17(10-23-12-19)16-8-15-4-2-7-26(21(22)28)20(15)24-11-16/h8-12,18H,2-7,13H2,1H3,(H2,22,28). The van der Waals surface area contributed by atoms with Crippen molar-refractivity contribution in [1.82, 2.24) is 14.9 Å². The fourth-order valence-corrected chi connectivity index (χ4v) is 3.99. The molecule has 4 rings (SSSR count). The van der Waals surface area contributed by atoms with E-state index in [1.165, 1.54) is 4.90 Å². The van der Waals surface area contributed by atoms with E-state index in [-0.39, 0.29) is 12.0 Å². The summed E-state index contributed by atoms with van der Waals surface area (Å²) in [6, 6.07) is 3.50. The molecule has 1 fully saturated rings. The zero-order chi connectivity index (χ0) is 20.4. The van der Waals surface area contributed by atoms with Gasteiger partial charge in [0.1, 0.15) is 17.7 Å². The fraction of sp³-hybridized carbons (Fsp3) is 0.429. The number of anilines is 1. The Morgan fingerprint density at radius 3 is 2.76 bits per heavy atom. The van der Waals surface area contributed by atoms with Crippen molar-refractivity contribution in [2.75, 3.05) is 24.5 Å². The predicted octanol–water partition coefficient (Wildman–Crippen LogP) is 2.36. The van der Waals surface area contributed by atoms with Crippen molar-refractivity contribution in [1.29, 1.82) is 0 Å². The van der Waals surface area contributed by atoms with Crippen molar-refractivity contribution in [2.24, 2.45) is 5.73 Å². The molecule has 0 aromatic carbocycles. The molecule has 0 radical (unpaired) electrons. The zero-order valence-corrected chi connectivity index (χ0v) is 16.5. The summed E-state index contributed by atoms with van der Waals surface area (Å²) in [6.07, 6.45) is 8.72. The molecule has 2 N–H and O–H groups in total. The molecular weight excluding hydrogens is 370 g/mol. The van der Waals surface area contributed by atoms with Crippen LogP contribution in [0.2, 0.25) is 0 Å². The van der Waals surface area contributed by atoms with Gasteiger partial charge in [0.15, 0.2) is 0 Å². The summed E-state index contributed by atoms with van der Waals surface area (Å²) in [5.41, 5.74) is 8.28. The Morgan fingerprint density at radius 2 is 1.97 bits per heavy atom. The number of nitrogens with zero attached hydrogens (tertiary/aromatic N) is 4. The smallest absolute Gasteiger partial charge is 0.320 e. The number of hydrogen-bond donors (Lipinski definition) is 1. The number of amides is 3. The highest BCUT2D eigenvalue weighted by Gasteiger charge is 2.24. The molecule has 1 saturated heterocycles. The van der Waals surface area contributed by atoms with Crippen LogP contribution in [0.15, 0.2) is 30.7 Å². The molecule has 2 aromatic rings. The lowest BCUT2D eigenvalue weighted by molar-refractivity contribution is -0.131. The van der Waals surface area contributed by atoms with E-state index in [1.807, 2.05) is 17.0 Å². The highest BCUT2D eigenvalue weighted by atomic mass is 16.5. The maximum absolute atomic E-state index is 11.6. The normalized spacial score (nSPS) is 18.9. The maximum atomic E-state index is 11.6. The summed E-state index contributed by atoms with van der Waals surface area (Å²) in [4.78, 5) is 35.4. The first-order valence-corrected chi connectivity index (χ1v) is 9.95. The molecule has 4 heterocycles. The van der Waals surface area contributed by atoms with Crippen LogP contribution < -0.4 is 15.4 Å². The summed E-state index contributed by atoms with van der Waals surface area (Å²) in [6.45, 7) is 3.57. The average molecular weight is 395 g/mol. The molecule has 2 aromatic heterocycles.